The lowest BCUT2D eigenvalue weighted by molar-refractivity contribution is -0.134. The van der Waals surface area contributed by atoms with Crippen LogP contribution in [0, 0.1) is 5.92 Å². The van der Waals surface area contributed by atoms with E-state index in [2.05, 4.69) is 18.7 Å². The zero-order valence-corrected chi connectivity index (χ0v) is 11.7. The average molecular weight is 243 g/mol. The number of aliphatic carboxylic acids is 1. The minimum absolute atomic E-state index is 0.833. The van der Waals surface area contributed by atoms with E-state index in [1.165, 1.54) is 58.2 Å². The Bertz CT molecular complexity index is 189. The average Bonchev–Trinajstić information content (AvgIpc) is 2.27. The molecule has 1 heterocycles. The zero-order chi connectivity index (χ0) is 13.1. The molecule has 1 N–H and O–H groups in total. The Balaban J connectivity index is 0.000000557. The predicted octanol–water partition coefficient (Wildman–Crippen LogP) is 3.39. The molecule has 0 amide bonds. The fraction of sp³-hybridized carbons (Fsp3) is 0.929. The molecule has 0 aromatic heterocycles. The second-order valence-corrected chi connectivity index (χ2v) is 4.97. The molecule has 1 atom stereocenters. The van der Waals surface area contributed by atoms with Crippen LogP contribution in [0.4, 0.5) is 0 Å². The van der Waals surface area contributed by atoms with Crippen LogP contribution in [0.1, 0.15) is 59.3 Å². The number of carboxylic acid groups (broad SMARTS) is 1. The van der Waals surface area contributed by atoms with Crippen molar-refractivity contribution in [1.29, 1.82) is 0 Å². The van der Waals surface area contributed by atoms with Crippen LogP contribution in [0.2, 0.25) is 0 Å². The number of unbranched alkanes of at least 4 members (excludes halogenated alkanes) is 1. The summed E-state index contributed by atoms with van der Waals surface area (Å²) in [6, 6.07) is 0. The van der Waals surface area contributed by atoms with Gasteiger partial charge < -0.3 is 10.0 Å². The summed E-state index contributed by atoms with van der Waals surface area (Å²) in [6.45, 7) is 9.73. The van der Waals surface area contributed by atoms with Crippen molar-refractivity contribution in [2.24, 2.45) is 5.92 Å². The van der Waals surface area contributed by atoms with E-state index in [0.717, 1.165) is 12.8 Å². The molecule has 1 saturated heterocycles. The highest BCUT2D eigenvalue weighted by atomic mass is 16.4. The highest BCUT2D eigenvalue weighted by Gasteiger charge is 2.18. The second kappa shape index (κ2) is 10.6. The smallest absolute Gasteiger partial charge is 0.300 e. The fourth-order valence-electron chi connectivity index (χ4n) is 2.40. The standard InChI is InChI=1S/C12H25N.C2H4O2/c1-3-5-7-12-8-6-10-13(11-12)9-4-2;1-2(3)4/h12H,3-11H2,1-2H3;1H3,(H,3,4). The third-order valence-corrected chi connectivity index (χ3v) is 3.11. The SMILES string of the molecule is CC(=O)O.CCCCC1CCCN(CCC)C1. The minimum atomic E-state index is -0.833. The minimum Gasteiger partial charge on any atom is -0.481 e. The first kappa shape index (κ1) is 16.4. The van der Waals surface area contributed by atoms with Gasteiger partial charge in [0, 0.05) is 13.5 Å². The number of hydrogen-bond acceptors (Lipinski definition) is 2. The van der Waals surface area contributed by atoms with Crippen LogP contribution in [-0.2, 0) is 4.79 Å². The van der Waals surface area contributed by atoms with Crippen LogP contribution >= 0.6 is 0 Å². The summed E-state index contributed by atoms with van der Waals surface area (Å²) in [5.41, 5.74) is 0. The van der Waals surface area contributed by atoms with Gasteiger partial charge in [0.05, 0.1) is 0 Å². The summed E-state index contributed by atoms with van der Waals surface area (Å²) in [7, 11) is 0. The summed E-state index contributed by atoms with van der Waals surface area (Å²) >= 11 is 0. The van der Waals surface area contributed by atoms with Crippen LogP contribution in [0.3, 0.4) is 0 Å². The number of likely N-dealkylation sites (tertiary alicyclic amines) is 1. The molecule has 102 valence electrons. The molecule has 0 aromatic carbocycles. The largest absolute Gasteiger partial charge is 0.481 e. The van der Waals surface area contributed by atoms with Crippen LogP contribution in [0.5, 0.6) is 0 Å². The lowest BCUT2D eigenvalue weighted by Gasteiger charge is -2.32. The molecule has 3 nitrogen and oxygen atoms in total. The molecule has 0 bridgehead atoms. The first-order chi connectivity index (χ1) is 8.10. The molecule has 17 heavy (non-hydrogen) atoms. The van der Waals surface area contributed by atoms with Gasteiger partial charge >= 0.3 is 0 Å². The van der Waals surface area contributed by atoms with Gasteiger partial charge in [-0.15, -0.1) is 0 Å². The third kappa shape index (κ3) is 10.3. The van der Waals surface area contributed by atoms with E-state index in [9.17, 15) is 0 Å². The van der Waals surface area contributed by atoms with Gasteiger partial charge in [-0.25, -0.2) is 0 Å². The van der Waals surface area contributed by atoms with Crippen LogP contribution in [0.15, 0.2) is 0 Å². The van der Waals surface area contributed by atoms with Crippen molar-refractivity contribution in [2.45, 2.75) is 59.3 Å². The monoisotopic (exact) mass is 243 g/mol. The van der Waals surface area contributed by atoms with E-state index in [0.29, 0.717) is 0 Å². The topological polar surface area (TPSA) is 40.5 Å². The fourth-order valence-corrected chi connectivity index (χ4v) is 2.40. The molecule has 1 unspecified atom stereocenters. The van der Waals surface area contributed by atoms with E-state index in [1.54, 1.807) is 0 Å². The molecule has 0 aromatic rings. The molecule has 0 aliphatic carbocycles. The number of piperidine rings is 1. The summed E-state index contributed by atoms with van der Waals surface area (Å²) < 4.78 is 0. The zero-order valence-electron chi connectivity index (χ0n) is 11.7. The van der Waals surface area contributed by atoms with Gasteiger partial charge in [0.15, 0.2) is 0 Å². The summed E-state index contributed by atoms with van der Waals surface area (Å²) in [6.07, 6.45) is 8.51. The predicted molar refractivity (Wildman–Crippen MR) is 72.3 cm³/mol. The Labute approximate surface area is 106 Å². The molecule has 1 fully saturated rings. The maximum absolute atomic E-state index is 9.00. The molecule has 0 radical (unpaired) electrons. The van der Waals surface area contributed by atoms with Crippen molar-refractivity contribution in [1.82, 2.24) is 4.90 Å². The Morgan fingerprint density at radius 1 is 1.35 bits per heavy atom. The van der Waals surface area contributed by atoms with Gasteiger partial charge in [0.2, 0.25) is 0 Å². The van der Waals surface area contributed by atoms with Crippen LogP contribution in [0.25, 0.3) is 0 Å². The highest BCUT2D eigenvalue weighted by Crippen LogP contribution is 2.21. The Morgan fingerprint density at radius 3 is 2.53 bits per heavy atom. The van der Waals surface area contributed by atoms with Crippen molar-refractivity contribution < 1.29 is 9.90 Å². The molecular formula is C14H29NO2. The van der Waals surface area contributed by atoms with Gasteiger partial charge in [0.25, 0.3) is 5.97 Å². The lowest BCUT2D eigenvalue weighted by Crippen LogP contribution is -2.35. The van der Waals surface area contributed by atoms with E-state index in [4.69, 9.17) is 9.90 Å². The molecule has 0 spiro atoms. The third-order valence-electron chi connectivity index (χ3n) is 3.11. The number of carboxylic acids is 1. The summed E-state index contributed by atoms with van der Waals surface area (Å²) in [4.78, 5) is 11.7. The second-order valence-electron chi connectivity index (χ2n) is 4.97. The van der Waals surface area contributed by atoms with Crippen LogP contribution in [-0.4, -0.2) is 35.6 Å². The maximum atomic E-state index is 9.00. The lowest BCUT2D eigenvalue weighted by atomic mass is 9.93. The van der Waals surface area contributed by atoms with Gasteiger partial charge in [-0.2, -0.15) is 0 Å². The molecule has 1 rings (SSSR count). The van der Waals surface area contributed by atoms with E-state index in [1.807, 2.05) is 0 Å². The molecule has 0 saturated carbocycles. The molecule has 3 heteroatoms. The van der Waals surface area contributed by atoms with Crippen molar-refractivity contribution in [3.8, 4) is 0 Å². The van der Waals surface area contributed by atoms with Gasteiger partial charge in [0.1, 0.15) is 0 Å². The summed E-state index contributed by atoms with van der Waals surface area (Å²) in [5.74, 6) is 0.181. The van der Waals surface area contributed by atoms with E-state index in [-0.39, 0.29) is 0 Å². The number of nitrogens with zero attached hydrogens (tertiary/aromatic N) is 1. The normalized spacial score (nSPS) is 20.5. The van der Waals surface area contributed by atoms with Crippen molar-refractivity contribution in [2.75, 3.05) is 19.6 Å². The van der Waals surface area contributed by atoms with Gasteiger partial charge in [-0.05, 0) is 44.7 Å². The number of carbonyl (C=O) groups is 1. The van der Waals surface area contributed by atoms with Gasteiger partial charge in [-0.1, -0.05) is 26.7 Å². The van der Waals surface area contributed by atoms with Crippen molar-refractivity contribution in [3.05, 3.63) is 0 Å². The number of rotatable bonds is 5. The highest BCUT2D eigenvalue weighted by molar-refractivity contribution is 5.62. The quantitative estimate of drug-likeness (QED) is 0.804. The van der Waals surface area contributed by atoms with E-state index >= 15 is 0 Å². The molecule has 1 aliphatic heterocycles. The summed E-state index contributed by atoms with van der Waals surface area (Å²) in [5, 5.41) is 7.42. The first-order valence-electron chi connectivity index (χ1n) is 7.02. The molecular weight excluding hydrogens is 214 g/mol. The van der Waals surface area contributed by atoms with Crippen molar-refractivity contribution in [3.63, 3.8) is 0 Å². The van der Waals surface area contributed by atoms with E-state index < -0.39 is 5.97 Å². The Hall–Kier alpha value is -0.570. The Kier molecular flexibility index (Phi) is 10.2. The first-order valence-corrected chi connectivity index (χ1v) is 7.02. The van der Waals surface area contributed by atoms with Crippen molar-refractivity contribution >= 4 is 5.97 Å². The maximum Gasteiger partial charge on any atom is 0.300 e. The van der Waals surface area contributed by atoms with Gasteiger partial charge in [-0.3, -0.25) is 4.79 Å². The molecule has 1 aliphatic rings. The van der Waals surface area contributed by atoms with Crippen LogP contribution < -0.4 is 0 Å². The Morgan fingerprint density at radius 2 is 2.00 bits per heavy atom. The number of hydrogen-bond donors (Lipinski definition) is 1.